The van der Waals surface area contributed by atoms with Crippen molar-refractivity contribution in [2.24, 2.45) is 11.8 Å². The molecule has 3 aromatic rings. The Hall–Kier alpha value is -4.17. The molecule has 0 saturated carbocycles. The van der Waals surface area contributed by atoms with Crippen LogP contribution in [-0.2, 0) is 14.3 Å². The average Bonchev–Trinajstić information content (AvgIpc) is 3.45. The zero-order valence-corrected chi connectivity index (χ0v) is 18.4. The molecule has 0 radical (unpaired) electrons. The summed E-state index contributed by atoms with van der Waals surface area (Å²) in [6.07, 6.45) is -1.08. The summed E-state index contributed by atoms with van der Waals surface area (Å²) in [4.78, 5) is 55.6. The highest BCUT2D eigenvalue weighted by atomic mass is 19.1. The molecular formula is C27H18FNO6. The van der Waals surface area contributed by atoms with Crippen molar-refractivity contribution in [3.8, 4) is 5.75 Å². The predicted molar refractivity (Wildman–Crippen MR) is 121 cm³/mol. The van der Waals surface area contributed by atoms with Gasteiger partial charge in [0.1, 0.15) is 11.6 Å². The number of Topliss-reactive ketones (excluding diaryl/α,β-unsaturated/α-hetero) is 2. The minimum Gasteiger partial charge on any atom is -0.497 e. The second-order valence-electron chi connectivity index (χ2n) is 8.72. The Kier molecular flexibility index (Phi) is 4.53. The Morgan fingerprint density at radius 2 is 1.43 bits per heavy atom. The number of nitrogens with zero attached hydrogens (tertiary/aromatic N) is 1. The first-order valence-electron chi connectivity index (χ1n) is 11.0. The van der Waals surface area contributed by atoms with E-state index in [0.29, 0.717) is 11.3 Å². The van der Waals surface area contributed by atoms with Crippen LogP contribution in [0.2, 0.25) is 0 Å². The zero-order chi connectivity index (χ0) is 24.5. The lowest BCUT2D eigenvalue weighted by Gasteiger charge is -2.27. The molecule has 2 amide bonds. The normalized spacial score (nSPS) is 24.3. The lowest BCUT2D eigenvalue weighted by Crippen LogP contribution is -2.51. The van der Waals surface area contributed by atoms with Crippen LogP contribution in [0.5, 0.6) is 5.75 Å². The van der Waals surface area contributed by atoms with Gasteiger partial charge in [-0.25, -0.2) is 9.29 Å². The quantitative estimate of drug-likeness (QED) is 0.429. The number of ketones is 2. The highest BCUT2D eigenvalue weighted by Crippen LogP contribution is 2.57. The maximum Gasteiger partial charge on any atom is 0.241 e. The monoisotopic (exact) mass is 471 g/mol. The van der Waals surface area contributed by atoms with Gasteiger partial charge < -0.3 is 9.47 Å². The molecule has 2 heterocycles. The third-order valence-corrected chi connectivity index (χ3v) is 7.06. The maximum atomic E-state index is 14.7. The summed E-state index contributed by atoms with van der Waals surface area (Å²) in [5.74, 6) is -5.74. The van der Waals surface area contributed by atoms with Crippen molar-refractivity contribution in [1.82, 2.24) is 0 Å². The molecule has 2 saturated heterocycles. The molecule has 1 spiro atoms. The van der Waals surface area contributed by atoms with Gasteiger partial charge in [-0.2, -0.15) is 0 Å². The molecule has 2 aliphatic heterocycles. The fourth-order valence-electron chi connectivity index (χ4n) is 5.48. The molecule has 2 fully saturated rings. The van der Waals surface area contributed by atoms with E-state index in [-0.39, 0.29) is 16.8 Å². The fraction of sp³-hybridized carbons (Fsp3) is 0.185. The molecule has 6 rings (SSSR count). The predicted octanol–water partition coefficient (Wildman–Crippen LogP) is 3.53. The highest BCUT2D eigenvalue weighted by molar-refractivity contribution is 6.37. The van der Waals surface area contributed by atoms with Gasteiger partial charge >= 0.3 is 0 Å². The third-order valence-electron chi connectivity index (χ3n) is 7.06. The Balaban J connectivity index is 1.54. The number of methoxy groups -OCH3 is 1. The van der Waals surface area contributed by atoms with Crippen molar-refractivity contribution < 1.29 is 33.0 Å². The van der Waals surface area contributed by atoms with Crippen molar-refractivity contribution >= 4 is 29.1 Å². The van der Waals surface area contributed by atoms with Gasteiger partial charge in [-0.15, -0.1) is 0 Å². The summed E-state index contributed by atoms with van der Waals surface area (Å²) in [6.45, 7) is 0. The maximum absolute atomic E-state index is 14.7. The standard InChI is InChI=1S/C27H18FNO6/c1-34-15-12-10-14(11-13-15)22-20-21(26(33)29(25(20)32)19-9-5-4-8-18(19)28)27(35-22)23(30)16-6-2-3-7-17(16)24(27)31/h2-13,20-22H,1H3/t20-,21+,22-/m1/s1. The van der Waals surface area contributed by atoms with Gasteiger partial charge in [0, 0.05) is 11.1 Å². The number of benzene rings is 3. The number of hydrogen-bond acceptors (Lipinski definition) is 6. The summed E-state index contributed by atoms with van der Waals surface area (Å²) in [6, 6.07) is 18.2. The zero-order valence-electron chi connectivity index (χ0n) is 18.4. The number of hydrogen-bond donors (Lipinski definition) is 0. The van der Waals surface area contributed by atoms with E-state index in [1.54, 1.807) is 36.4 Å². The van der Waals surface area contributed by atoms with E-state index in [0.717, 1.165) is 11.0 Å². The van der Waals surface area contributed by atoms with Crippen LogP contribution in [0.4, 0.5) is 10.1 Å². The van der Waals surface area contributed by atoms with Gasteiger partial charge in [-0.05, 0) is 29.8 Å². The molecule has 8 heteroatoms. The summed E-state index contributed by atoms with van der Waals surface area (Å²) in [5.41, 5.74) is -1.67. The molecule has 174 valence electrons. The van der Waals surface area contributed by atoms with E-state index in [4.69, 9.17) is 9.47 Å². The van der Waals surface area contributed by atoms with Gasteiger partial charge in [-0.1, -0.05) is 48.5 Å². The number of carbonyl (C=O) groups is 4. The Morgan fingerprint density at radius 1 is 0.829 bits per heavy atom. The number of halogens is 1. The minimum atomic E-state index is -2.20. The molecule has 3 aliphatic rings. The fourth-order valence-corrected chi connectivity index (χ4v) is 5.48. The van der Waals surface area contributed by atoms with Gasteiger partial charge in [0.05, 0.1) is 30.7 Å². The Bertz CT molecular complexity index is 1400. The number of ether oxygens (including phenoxy) is 2. The molecule has 7 nitrogen and oxygen atoms in total. The van der Waals surface area contributed by atoms with Crippen LogP contribution in [-0.4, -0.2) is 36.1 Å². The topological polar surface area (TPSA) is 90.0 Å². The van der Waals surface area contributed by atoms with Crippen LogP contribution in [0, 0.1) is 17.7 Å². The highest BCUT2D eigenvalue weighted by Gasteiger charge is 2.74. The number of anilines is 1. The lowest BCUT2D eigenvalue weighted by molar-refractivity contribution is -0.127. The summed E-state index contributed by atoms with van der Waals surface area (Å²) in [7, 11) is 1.50. The second kappa shape index (κ2) is 7.41. The lowest BCUT2D eigenvalue weighted by atomic mass is 9.77. The Labute approximate surface area is 199 Å². The molecular weight excluding hydrogens is 453 g/mol. The number of rotatable bonds is 3. The van der Waals surface area contributed by atoms with Crippen LogP contribution < -0.4 is 9.64 Å². The van der Waals surface area contributed by atoms with Gasteiger partial charge in [0.2, 0.25) is 29.0 Å². The van der Waals surface area contributed by atoms with Crippen LogP contribution in [0.3, 0.4) is 0 Å². The van der Waals surface area contributed by atoms with Gasteiger partial charge in [0.25, 0.3) is 0 Å². The molecule has 35 heavy (non-hydrogen) atoms. The van der Waals surface area contributed by atoms with E-state index < -0.39 is 52.7 Å². The van der Waals surface area contributed by atoms with Crippen LogP contribution in [0.25, 0.3) is 0 Å². The van der Waals surface area contributed by atoms with E-state index in [1.165, 1.54) is 37.4 Å². The number of fused-ring (bicyclic) bond motifs is 3. The van der Waals surface area contributed by atoms with Crippen LogP contribution in [0.1, 0.15) is 32.4 Å². The largest absolute Gasteiger partial charge is 0.497 e. The first-order valence-corrected chi connectivity index (χ1v) is 11.0. The number of imide groups is 1. The number of para-hydroxylation sites is 1. The van der Waals surface area contributed by atoms with Crippen LogP contribution >= 0.6 is 0 Å². The summed E-state index contributed by atoms with van der Waals surface area (Å²) < 4.78 is 26.1. The number of carbonyl (C=O) groups excluding carboxylic acids is 4. The molecule has 0 unspecified atom stereocenters. The van der Waals surface area contributed by atoms with Crippen LogP contribution in [0.15, 0.2) is 72.8 Å². The summed E-state index contributed by atoms with van der Waals surface area (Å²) >= 11 is 0. The average molecular weight is 471 g/mol. The van der Waals surface area contributed by atoms with Crippen molar-refractivity contribution in [3.63, 3.8) is 0 Å². The first-order chi connectivity index (χ1) is 16.9. The van der Waals surface area contributed by atoms with Gasteiger partial charge in [-0.3, -0.25) is 19.2 Å². The molecule has 1 aliphatic carbocycles. The van der Waals surface area contributed by atoms with Crippen molar-refractivity contribution in [1.29, 1.82) is 0 Å². The molecule has 3 aromatic carbocycles. The van der Waals surface area contributed by atoms with E-state index in [1.807, 2.05) is 0 Å². The summed E-state index contributed by atoms with van der Waals surface area (Å²) in [5, 5.41) is 0. The van der Waals surface area contributed by atoms with E-state index >= 15 is 0 Å². The second-order valence-corrected chi connectivity index (χ2v) is 8.72. The molecule has 0 N–H and O–H groups in total. The first kappa shape index (κ1) is 21.4. The third kappa shape index (κ3) is 2.68. The smallest absolute Gasteiger partial charge is 0.241 e. The van der Waals surface area contributed by atoms with Crippen molar-refractivity contribution in [2.45, 2.75) is 11.7 Å². The molecule has 0 aromatic heterocycles. The van der Waals surface area contributed by atoms with E-state index in [9.17, 15) is 23.6 Å². The molecule has 0 bridgehead atoms. The SMILES string of the molecule is COc1ccc([C@H]2OC3(C(=O)c4ccccc4C3=O)[C@@H]3C(=O)N(c4ccccc4F)C(=O)[C@@H]23)cc1. The van der Waals surface area contributed by atoms with Crippen molar-refractivity contribution in [3.05, 3.63) is 95.3 Å². The Morgan fingerprint density at radius 3 is 2.03 bits per heavy atom. The number of amides is 2. The van der Waals surface area contributed by atoms with Crippen molar-refractivity contribution in [2.75, 3.05) is 12.0 Å². The minimum absolute atomic E-state index is 0.135. The van der Waals surface area contributed by atoms with E-state index in [2.05, 4.69) is 0 Å². The van der Waals surface area contributed by atoms with Gasteiger partial charge in [0.15, 0.2) is 0 Å². The molecule has 3 atom stereocenters.